The number of amides is 1. The molecule has 1 aromatic carbocycles. The number of hydrogen-bond acceptors (Lipinski definition) is 4. The molecule has 130 valence electrons. The van der Waals surface area contributed by atoms with Crippen LogP contribution in [0.4, 0.5) is 18.3 Å². The van der Waals surface area contributed by atoms with Crippen molar-refractivity contribution in [2.75, 3.05) is 5.32 Å². The van der Waals surface area contributed by atoms with Crippen molar-refractivity contribution in [2.45, 2.75) is 13.1 Å². The second-order valence-electron chi connectivity index (χ2n) is 5.39. The molecule has 3 aromatic rings. The third kappa shape index (κ3) is 3.71. The van der Waals surface area contributed by atoms with Crippen molar-refractivity contribution in [1.82, 2.24) is 14.8 Å². The highest BCUT2D eigenvalue weighted by Crippen LogP contribution is 2.34. The van der Waals surface area contributed by atoms with Gasteiger partial charge in [-0.15, -0.1) is 0 Å². The molecule has 0 radical (unpaired) electrons. The van der Waals surface area contributed by atoms with Crippen LogP contribution in [0.15, 0.2) is 36.5 Å². The Morgan fingerprint density at radius 2 is 1.92 bits per heavy atom. The van der Waals surface area contributed by atoms with E-state index in [0.29, 0.717) is 15.6 Å². The third-order valence-electron chi connectivity index (χ3n) is 3.46. The molecule has 1 N–H and O–H groups in total. The summed E-state index contributed by atoms with van der Waals surface area (Å²) >= 11 is 1.08. The third-order valence-corrected chi connectivity index (χ3v) is 4.40. The van der Waals surface area contributed by atoms with E-state index in [9.17, 15) is 18.0 Å². The summed E-state index contributed by atoms with van der Waals surface area (Å²) in [7, 11) is 1.43. The molecule has 0 atom stereocenters. The zero-order valence-electron chi connectivity index (χ0n) is 13.3. The molecule has 0 unspecified atom stereocenters. The molecule has 5 nitrogen and oxygen atoms in total. The monoisotopic (exact) mass is 366 g/mol. The number of aryl methyl sites for hydroxylation is 2. The number of carbonyl (C=O) groups is 1. The normalized spacial score (nSPS) is 11.6. The first-order valence-corrected chi connectivity index (χ1v) is 8.01. The minimum absolute atomic E-state index is 0.278. The van der Waals surface area contributed by atoms with Gasteiger partial charge in [0.15, 0.2) is 10.8 Å². The van der Waals surface area contributed by atoms with Crippen LogP contribution < -0.4 is 5.32 Å². The first-order valence-electron chi connectivity index (χ1n) is 7.19. The molecule has 0 saturated heterocycles. The number of thiazole rings is 1. The maximum Gasteiger partial charge on any atom is 0.435 e. The van der Waals surface area contributed by atoms with Gasteiger partial charge in [0.25, 0.3) is 5.91 Å². The summed E-state index contributed by atoms with van der Waals surface area (Å²) in [4.78, 5) is 16.7. The van der Waals surface area contributed by atoms with E-state index in [2.05, 4.69) is 15.4 Å². The summed E-state index contributed by atoms with van der Waals surface area (Å²) in [6.45, 7) is 1.91. The number of carbonyl (C=O) groups excluding carboxylic acids is 1. The van der Waals surface area contributed by atoms with Gasteiger partial charge in [-0.25, -0.2) is 4.98 Å². The van der Waals surface area contributed by atoms with Gasteiger partial charge in [0, 0.05) is 18.8 Å². The minimum Gasteiger partial charge on any atom is -0.298 e. The number of anilines is 1. The molecule has 0 aliphatic rings. The number of aromatic nitrogens is 3. The smallest absolute Gasteiger partial charge is 0.298 e. The van der Waals surface area contributed by atoms with E-state index in [-0.39, 0.29) is 11.6 Å². The molecule has 0 saturated carbocycles. The van der Waals surface area contributed by atoms with Gasteiger partial charge >= 0.3 is 6.18 Å². The molecular formula is C16H13F3N4OS. The van der Waals surface area contributed by atoms with Crippen LogP contribution in [-0.2, 0) is 13.2 Å². The molecule has 0 aliphatic heterocycles. The van der Waals surface area contributed by atoms with Gasteiger partial charge < -0.3 is 0 Å². The molecule has 9 heteroatoms. The summed E-state index contributed by atoms with van der Waals surface area (Å²) < 4.78 is 39.4. The standard InChI is InChI=1S/C16H13F3N4OS/c1-9-3-5-10(6-4-9)14(24)21-15-20-8-12(25-15)11-7-13(16(17,18)19)22-23(11)2/h3-8H,1-2H3,(H,20,21,24). The van der Waals surface area contributed by atoms with Crippen molar-refractivity contribution < 1.29 is 18.0 Å². The highest BCUT2D eigenvalue weighted by atomic mass is 32.1. The largest absolute Gasteiger partial charge is 0.435 e. The lowest BCUT2D eigenvalue weighted by Crippen LogP contribution is -2.11. The molecule has 0 spiro atoms. The fourth-order valence-corrected chi connectivity index (χ4v) is 3.02. The Labute approximate surface area is 145 Å². The van der Waals surface area contributed by atoms with Crippen LogP contribution in [0.3, 0.4) is 0 Å². The van der Waals surface area contributed by atoms with Gasteiger partial charge in [-0.2, -0.15) is 18.3 Å². The van der Waals surface area contributed by atoms with Crippen LogP contribution in [0.1, 0.15) is 21.6 Å². The van der Waals surface area contributed by atoms with E-state index < -0.39 is 11.9 Å². The number of nitrogens with zero attached hydrogens (tertiary/aromatic N) is 3. The Morgan fingerprint density at radius 1 is 1.24 bits per heavy atom. The van der Waals surface area contributed by atoms with Crippen LogP contribution in [-0.4, -0.2) is 20.7 Å². The predicted molar refractivity (Wildman–Crippen MR) is 88.5 cm³/mol. The summed E-state index contributed by atoms with van der Waals surface area (Å²) in [6.07, 6.45) is -3.10. The molecular weight excluding hydrogens is 353 g/mol. The summed E-state index contributed by atoms with van der Waals surface area (Å²) in [6, 6.07) is 7.97. The number of benzene rings is 1. The lowest BCUT2D eigenvalue weighted by molar-refractivity contribution is -0.141. The minimum atomic E-state index is -4.51. The molecule has 2 heterocycles. The van der Waals surface area contributed by atoms with E-state index in [1.165, 1.54) is 13.2 Å². The van der Waals surface area contributed by atoms with Gasteiger partial charge in [-0.3, -0.25) is 14.8 Å². The maximum atomic E-state index is 12.7. The molecule has 0 fully saturated rings. The van der Waals surface area contributed by atoms with Crippen LogP contribution in [0.25, 0.3) is 10.6 Å². The first kappa shape index (κ1) is 17.2. The van der Waals surface area contributed by atoms with Gasteiger partial charge in [0.05, 0.1) is 10.6 Å². The highest BCUT2D eigenvalue weighted by molar-refractivity contribution is 7.19. The highest BCUT2D eigenvalue weighted by Gasteiger charge is 2.34. The summed E-state index contributed by atoms with van der Waals surface area (Å²) in [5.41, 5.74) is 0.816. The van der Waals surface area contributed by atoms with Crippen LogP contribution in [0.5, 0.6) is 0 Å². The number of hydrogen-bond donors (Lipinski definition) is 1. The molecule has 25 heavy (non-hydrogen) atoms. The number of rotatable bonds is 3. The molecule has 0 bridgehead atoms. The van der Waals surface area contributed by atoms with Crippen molar-refractivity contribution >= 4 is 22.4 Å². The second kappa shape index (κ2) is 6.32. The van der Waals surface area contributed by atoms with Crippen LogP contribution in [0, 0.1) is 6.92 Å². The lowest BCUT2D eigenvalue weighted by atomic mass is 10.1. The molecule has 2 aromatic heterocycles. The van der Waals surface area contributed by atoms with Crippen molar-refractivity contribution in [2.24, 2.45) is 7.05 Å². The Bertz CT molecular complexity index is 912. The van der Waals surface area contributed by atoms with Gasteiger partial charge in [-0.05, 0) is 25.1 Å². The Balaban J connectivity index is 1.80. The van der Waals surface area contributed by atoms with E-state index in [1.807, 2.05) is 19.1 Å². The predicted octanol–water partition coefficient (Wildman–Crippen LogP) is 4.12. The Hall–Kier alpha value is -2.68. The molecule has 1 amide bonds. The topological polar surface area (TPSA) is 59.8 Å². The zero-order chi connectivity index (χ0) is 18.2. The fourth-order valence-electron chi connectivity index (χ4n) is 2.16. The number of nitrogens with one attached hydrogen (secondary N) is 1. The van der Waals surface area contributed by atoms with Crippen LogP contribution >= 0.6 is 11.3 Å². The summed E-state index contributed by atoms with van der Waals surface area (Å²) in [5.74, 6) is -0.332. The van der Waals surface area contributed by atoms with Crippen molar-refractivity contribution in [3.63, 3.8) is 0 Å². The average molecular weight is 366 g/mol. The van der Waals surface area contributed by atoms with Gasteiger partial charge in [0.1, 0.15) is 0 Å². The molecule has 0 aliphatic carbocycles. The van der Waals surface area contributed by atoms with E-state index >= 15 is 0 Å². The van der Waals surface area contributed by atoms with Crippen LogP contribution in [0.2, 0.25) is 0 Å². The van der Waals surface area contributed by atoms with Crippen molar-refractivity contribution in [1.29, 1.82) is 0 Å². The number of halogens is 3. The first-order chi connectivity index (χ1) is 11.7. The average Bonchev–Trinajstić information content (AvgIpc) is 3.14. The Kier molecular flexibility index (Phi) is 4.34. The van der Waals surface area contributed by atoms with E-state index in [4.69, 9.17) is 0 Å². The summed E-state index contributed by atoms with van der Waals surface area (Å²) in [5, 5.41) is 6.41. The fraction of sp³-hybridized carbons (Fsp3) is 0.188. The second-order valence-corrected chi connectivity index (χ2v) is 6.42. The van der Waals surface area contributed by atoms with Gasteiger partial charge in [0.2, 0.25) is 0 Å². The van der Waals surface area contributed by atoms with Crippen molar-refractivity contribution in [3.05, 3.63) is 53.3 Å². The maximum absolute atomic E-state index is 12.7. The van der Waals surface area contributed by atoms with Gasteiger partial charge in [-0.1, -0.05) is 29.0 Å². The molecule has 3 rings (SSSR count). The quantitative estimate of drug-likeness (QED) is 0.758. The number of alkyl halides is 3. The van der Waals surface area contributed by atoms with Crippen molar-refractivity contribution in [3.8, 4) is 10.6 Å². The Morgan fingerprint density at radius 3 is 2.52 bits per heavy atom. The van der Waals surface area contributed by atoms with E-state index in [1.54, 1.807) is 12.1 Å². The lowest BCUT2D eigenvalue weighted by Gasteiger charge is -2.01. The van der Waals surface area contributed by atoms with E-state index in [0.717, 1.165) is 27.6 Å². The SMILES string of the molecule is Cc1ccc(C(=O)Nc2ncc(-c3cc(C(F)(F)F)nn3C)s2)cc1. The zero-order valence-corrected chi connectivity index (χ0v) is 14.1.